The largest absolute Gasteiger partial charge is 0.397 e. The highest BCUT2D eigenvalue weighted by atomic mass is 16.1. The van der Waals surface area contributed by atoms with Gasteiger partial charge in [0.05, 0.1) is 17.7 Å². The third-order valence-corrected chi connectivity index (χ3v) is 2.99. The van der Waals surface area contributed by atoms with E-state index < -0.39 is 0 Å². The van der Waals surface area contributed by atoms with Crippen LogP contribution in [0.4, 0.5) is 11.4 Å². The fourth-order valence-corrected chi connectivity index (χ4v) is 1.92. The van der Waals surface area contributed by atoms with E-state index >= 15 is 0 Å². The van der Waals surface area contributed by atoms with Crippen molar-refractivity contribution in [3.05, 3.63) is 42.5 Å². The zero-order valence-electron chi connectivity index (χ0n) is 11.7. The van der Waals surface area contributed by atoms with Crippen molar-refractivity contribution in [2.75, 3.05) is 31.3 Å². The second-order valence-corrected chi connectivity index (χ2v) is 4.72. The molecule has 0 saturated carbocycles. The smallest absolute Gasteiger partial charge is 0.251 e. The van der Waals surface area contributed by atoms with E-state index in [1.165, 1.54) is 0 Å². The van der Waals surface area contributed by atoms with E-state index in [4.69, 9.17) is 5.73 Å². The summed E-state index contributed by atoms with van der Waals surface area (Å²) in [6.45, 7) is 1.24. The lowest BCUT2D eigenvalue weighted by atomic mass is 10.1. The summed E-state index contributed by atoms with van der Waals surface area (Å²) in [5, 5.41) is 2.86. The van der Waals surface area contributed by atoms with Crippen LogP contribution in [0.2, 0.25) is 0 Å². The van der Waals surface area contributed by atoms with Gasteiger partial charge in [0.2, 0.25) is 0 Å². The van der Waals surface area contributed by atoms with Crippen molar-refractivity contribution in [1.29, 1.82) is 0 Å². The standard InChI is InChI=1S/C14H19N5O/c1-18(2)13-4-3-11(9-12(13)15)14(20)17-6-8-19-7-5-16-10-19/h3-5,7,9-10H,6,8,15H2,1-2H3,(H,17,20). The van der Waals surface area contributed by atoms with Crippen LogP contribution in [0, 0.1) is 0 Å². The molecule has 6 nitrogen and oxygen atoms in total. The van der Waals surface area contributed by atoms with E-state index in [-0.39, 0.29) is 5.91 Å². The molecule has 2 aromatic rings. The molecule has 3 N–H and O–H groups in total. The molecule has 1 aromatic heterocycles. The van der Waals surface area contributed by atoms with E-state index in [0.717, 1.165) is 5.69 Å². The summed E-state index contributed by atoms with van der Waals surface area (Å²) < 4.78 is 1.91. The zero-order chi connectivity index (χ0) is 14.5. The van der Waals surface area contributed by atoms with Crippen LogP contribution in [0.1, 0.15) is 10.4 Å². The van der Waals surface area contributed by atoms with Gasteiger partial charge in [-0.2, -0.15) is 0 Å². The van der Waals surface area contributed by atoms with E-state index in [2.05, 4.69) is 10.3 Å². The summed E-state index contributed by atoms with van der Waals surface area (Å²) >= 11 is 0. The van der Waals surface area contributed by atoms with Crippen molar-refractivity contribution in [2.45, 2.75) is 6.54 Å². The molecular weight excluding hydrogens is 254 g/mol. The van der Waals surface area contributed by atoms with Crippen LogP contribution in [0.5, 0.6) is 0 Å². The molecule has 0 aliphatic carbocycles. The summed E-state index contributed by atoms with van der Waals surface area (Å²) in [7, 11) is 3.83. The van der Waals surface area contributed by atoms with Gasteiger partial charge < -0.3 is 20.5 Å². The number of carbonyl (C=O) groups excluding carboxylic acids is 1. The molecule has 0 unspecified atom stereocenters. The molecule has 6 heteroatoms. The minimum absolute atomic E-state index is 0.123. The normalized spacial score (nSPS) is 10.3. The Labute approximate surface area is 118 Å². The Balaban J connectivity index is 1.94. The van der Waals surface area contributed by atoms with Gasteiger partial charge in [-0.05, 0) is 18.2 Å². The molecule has 20 heavy (non-hydrogen) atoms. The minimum Gasteiger partial charge on any atom is -0.397 e. The first-order valence-corrected chi connectivity index (χ1v) is 6.38. The van der Waals surface area contributed by atoms with Crippen molar-refractivity contribution < 1.29 is 4.79 Å². The number of hydrogen-bond acceptors (Lipinski definition) is 4. The van der Waals surface area contributed by atoms with Crippen molar-refractivity contribution >= 4 is 17.3 Å². The maximum absolute atomic E-state index is 12.0. The number of nitrogen functional groups attached to an aromatic ring is 1. The van der Waals surface area contributed by atoms with Crippen LogP contribution >= 0.6 is 0 Å². The Morgan fingerprint density at radius 2 is 2.25 bits per heavy atom. The SMILES string of the molecule is CN(C)c1ccc(C(=O)NCCn2ccnc2)cc1N. The van der Waals surface area contributed by atoms with Crippen LogP contribution in [-0.2, 0) is 6.54 Å². The Morgan fingerprint density at radius 1 is 1.45 bits per heavy atom. The topological polar surface area (TPSA) is 76.2 Å². The summed E-state index contributed by atoms with van der Waals surface area (Å²) in [5.74, 6) is -0.123. The molecule has 0 aliphatic rings. The first kappa shape index (κ1) is 13.9. The number of nitrogens with zero attached hydrogens (tertiary/aromatic N) is 3. The molecule has 0 fully saturated rings. The van der Waals surface area contributed by atoms with Gasteiger partial charge >= 0.3 is 0 Å². The number of amides is 1. The minimum atomic E-state index is -0.123. The Kier molecular flexibility index (Phi) is 4.24. The van der Waals surface area contributed by atoms with Crippen LogP contribution in [-0.4, -0.2) is 36.1 Å². The molecule has 0 saturated heterocycles. The molecule has 1 heterocycles. The van der Waals surface area contributed by atoms with Gasteiger partial charge in [0.1, 0.15) is 0 Å². The quantitative estimate of drug-likeness (QED) is 0.796. The van der Waals surface area contributed by atoms with E-state index in [0.29, 0.717) is 24.3 Å². The van der Waals surface area contributed by atoms with Gasteiger partial charge in [0, 0.05) is 45.1 Å². The fourth-order valence-electron chi connectivity index (χ4n) is 1.92. The summed E-state index contributed by atoms with van der Waals surface area (Å²) in [4.78, 5) is 17.9. The maximum atomic E-state index is 12.0. The number of nitrogens with two attached hydrogens (primary N) is 1. The van der Waals surface area contributed by atoms with Gasteiger partial charge in [-0.3, -0.25) is 4.79 Å². The molecule has 2 rings (SSSR count). The Morgan fingerprint density at radius 3 is 2.85 bits per heavy atom. The van der Waals surface area contributed by atoms with Crippen molar-refractivity contribution in [3.63, 3.8) is 0 Å². The van der Waals surface area contributed by atoms with Crippen molar-refractivity contribution in [1.82, 2.24) is 14.9 Å². The highest BCUT2D eigenvalue weighted by molar-refractivity contribution is 5.96. The molecule has 1 aromatic carbocycles. The Hall–Kier alpha value is -2.50. The zero-order valence-corrected chi connectivity index (χ0v) is 11.7. The highest BCUT2D eigenvalue weighted by Gasteiger charge is 2.08. The van der Waals surface area contributed by atoms with Gasteiger partial charge in [0.15, 0.2) is 0 Å². The first-order chi connectivity index (χ1) is 9.58. The average Bonchev–Trinajstić information content (AvgIpc) is 2.91. The second-order valence-electron chi connectivity index (χ2n) is 4.72. The number of imidazole rings is 1. The third-order valence-electron chi connectivity index (χ3n) is 2.99. The molecule has 0 atom stereocenters. The van der Waals surface area contributed by atoms with E-state index in [1.54, 1.807) is 24.7 Å². The van der Waals surface area contributed by atoms with Crippen LogP contribution < -0.4 is 16.0 Å². The molecular formula is C14H19N5O. The molecule has 0 spiro atoms. The molecule has 1 amide bonds. The van der Waals surface area contributed by atoms with Crippen molar-refractivity contribution in [2.24, 2.45) is 0 Å². The lowest BCUT2D eigenvalue weighted by Crippen LogP contribution is -2.27. The predicted molar refractivity (Wildman–Crippen MR) is 79.7 cm³/mol. The monoisotopic (exact) mass is 273 g/mol. The molecule has 0 bridgehead atoms. The van der Waals surface area contributed by atoms with E-state index in [9.17, 15) is 4.79 Å². The lowest BCUT2D eigenvalue weighted by molar-refractivity contribution is 0.0952. The second kappa shape index (κ2) is 6.10. The van der Waals surface area contributed by atoms with Gasteiger partial charge in [0.25, 0.3) is 5.91 Å². The van der Waals surface area contributed by atoms with Gasteiger partial charge in [-0.15, -0.1) is 0 Å². The molecule has 106 valence electrons. The third kappa shape index (κ3) is 3.28. The van der Waals surface area contributed by atoms with Crippen LogP contribution in [0.15, 0.2) is 36.9 Å². The molecule has 0 aliphatic heterocycles. The summed E-state index contributed by atoms with van der Waals surface area (Å²) in [6.07, 6.45) is 5.29. The van der Waals surface area contributed by atoms with Gasteiger partial charge in [-0.25, -0.2) is 4.98 Å². The highest BCUT2D eigenvalue weighted by Crippen LogP contribution is 2.22. The Bertz CT molecular complexity index is 577. The average molecular weight is 273 g/mol. The summed E-state index contributed by atoms with van der Waals surface area (Å²) in [6, 6.07) is 5.32. The number of hydrogen-bond donors (Lipinski definition) is 2. The summed E-state index contributed by atoms with van der Waals surface area (Å²) in [5.41, 5.74) is 8.00. The fraction of sp³-hybridized carbons (Fsp3) is 0.286. The number of aromatic nitrogens is 2. The predicted octanol–water partition coefficient (Wildman–Crippen LogP) is 0.961. The number of benzene rings is 1. The molecule has 0 radical (unpaired) electrons. The number of rotatable bonds is 5. The van der Waals surface area contributed by atoms with E-state index in [1.807, 2.05) is 35.8 Å². The lowest BCUT2D eigenvalue weighted by Gasteiger charge is -2.16. The number of carbonyl (C=O) groups is 1. The van der Waals surface area contributed by atoms with Crippen molar-refractivity contribution in [3.8, 4) is 0 Å². The van der Waals surface area contributed by atoms with Crippen LogP contribution in [0.3, 0.4) is 0 Å². The number of anilines is 2. The van der Waals surface area contributed by atoms with Crippen LogP contribution in [0.25, 0.3) is 0 Å². The number of nitrogens with one attached hydrogen (secondary N) is 1. The first-order valence-electron chi connectivity index (χ1n) is 6.38. The van der Waals surface area contributed by atoms with Gasteiger partial charge in [-0.1, -0.05) is 0 Å². The maximum Gasteiger partial charge on any atom is 0.251 e.